The van der Waals surface area contributed by atoms with Crippen molar-refractivity contribution in [3.63, 3.8) is 0 Å². The minimum absolute atomic E-state index is 0. The molecule has 0 unspecified atom stereocenters. The Bertz CT molecular complexity index is 1250. The largest absolute Gasteiger partial charge is 1.00 e. The van der Waals surface area contributed by atoms with Gasteiger partial charge in [-0.05, 0) is 55.0 Å². The first-order valence-electron chi connectivity index (χ1n) is 8.44. The summed E-state index contributed by atoms with van der Waals surface area (Å²) < 4.78 is 33.2. The van der Waals surface area contributed by atoms with Crippen LogP contribution in [0.5, 0.6) is 5.75 Å². The quantitative estimate of drug-likeness (QED) is 0.193. The van der Waals surface area contributed by atoms with Crippen molar-refractivity contribution in [3.05, 3.63) is 76.3 Å². The van der Waals surface area contributed by atoms with Gasteiger partial charge < -0.3 is 15.0 Å². The number of rotatable bonds is 6. The van der Waals surface area contributed by atoms with Crippen molar-refractivity contribution in [1.82, 2.24) is 0 Å². The van der Waals surface area contributed by atoms with E-state index in [9.17, 15) is 28.2 Å². The van der Waals surface area contributed by atoms with E-state index < -0.39 is 25.6 Å². The van der Waals surface area contributed by atoms with Crippen LogP contribution in [0, 0.1) is 17.0 Å². The fourth-order valence-electron chi connectivity index (χ4n) is 2.54. The molecule has 31 heavy (non-hydrogen) atoms. The molecule has 0 spiro atoms. The van der Waals surface area contributed by atoms with Gasteiger partial charge in [-0.1, -0.05) is 12.1 Å². The van der Waals surface area contributed by atoms with E-state index in [1.165, 1.54) is 12.1 Å². The summed E-state index contributed by atoms with van der Waals surface area (Å²) in [7, 11) is -4.81. The van der Waals surface area contributed by atoms with Crippen LogP contribution in [0.3, 0.4) is 0 Å². The number of nitro benzene ring substituents is 1. The number of nitro groups is 1. The molecular formula is C19H14N4NaO6S-. The third kappa shape index (κ3) is 6.32. The zero-order valence-corrected chi connectivity index (χ0v) is 19.3. The summed E-state index contributed by atoms with van der Waals surface area (Å²) in [6.45, 7) is 1.75. The zero-order valence-electron chi connectivity index (χ0n) is 16.5. The van der Waals surface area contributed by atoms with Crippen LogP contribution in [0.1, 0.15) is 5.56 Å². The summed E-state index contributed by atoms with van der Waals surface area (Å²) >= 11 is 0. The maximum absolute atomic E-state index is 11.3. The van der Waals surface area contributed by atoms with E-state index >= 15 is 0 Å². The molecule has 0 amide bonds. The first-order chi connectivity index (χ1) is 14.1. The second-order valence-corrected chi connectivity index (χ2v) is 7.59. The maximum atomic E-state index is 11.3. The molecule has 0 aliphatic heterocycles. The SMILES string of the molecule is Cc1cc([O-])ccc1N=Nc1ccc(Nc2ccc(S(=O)(=O)[O-])cc2[N+](=O)[O-])cc1.[Na+]. The molecule has 3 rings (SSSR count). The van der Waals surface area contributed by atoms with E-state index in [0.717, 1.165) is 12.1 Å². The van der Waals surface area contributed by atoms with Gasteiger partial charge in [-0.3, -0.25) is 10.1 Å². The molecule has 154 valence electrons. The van der Waals surface area contributed by atoms with Crippen molar-refractivity contribution in [1.29, 1.82) is 0 Å². The summed E-state index contributed by atoms with van der Waals surface area (Å²) in [6, 6.07) is 13.7. The molecule has 0 fully saturated rings. The number of azo groups is 1. The molecule has 0 saturated carbocycles. The molecule has 0 heterocycles. The van der Waals surface area contributed by atoms with Crippen molar-refractivity contribution in [2.24, 2.45) is 10.2 Å². The number of benzene rings is 3. The smallest absolute Gasteiger partial charge is 0.872 e. The van der Waals surface area contributed by atoms with Crippen LogP contribution in [0.2, 0.25) is 0 Å². The molecule has 0 atom stereocenters. The van der Waals surface area contributed by atoms with Gasteiger partial charge in [-0.15, -0.1) is 5.75 Å². The first-order valence-corrected chi connectivity index (χ1v) is 9.85. The number of hydrogen-bond acceptors (Lipinski definition) is 9. The summed E-state index contributed by atoms with van der Waals surface area (Å²) in [5, 5.41) is 33.5. The summed E-state index contributed by atoms with van der Waals surface area (Å²) in [6.07, 6.45) is 0. The van der Waals surface area contributed by atoms with Gasteiger partial charge in [0.25, 0.3) is 5.69 Å². The molecule has 3 aromatic carbocycles. The van der Waals surface area contributed by atoms with Crippen molar-refractivity contribution in [2.75, 3.05) is 5.32 Å². The molecule has 1 N–H and O–H groups in total. The van der Waals surface area contributed by atoms with E-state index in [1.807, 2.05) is 0 Å². The fraction of sp³-hybridized carbons (Fsp3) is 0.0526. The Hall–Kier alpha value is -2.83. The van der Waals surface area contributed by atoms with Gasteiger partial charge in [0.15, 0.2) is 0 Å². The number of nitrogens with one attached hydrogen (secondary N) is 1. The van der Waals surface area contributed by atoms with Crippen LogP contribution in [-0.2, 0) is 10.1 Å². The Labute approximate surface area is 199 Å². The molecule has 0 radical (unpaired) electrons. The summed E-state index contributed by atoms with van der Waals surface area (Å²) in [4.78, 5) is 9.77. The van der Waals surface area contributed by atoms with Gasteiger partial charge in [-0.25, -0.2) is 8.42 Å². The maximum Gasteiger partial charge on any atom is 1.00 e. The van der Waals surface area contributed by atoms with Gasteiger partial charge >= 0.3 is 29.6 Å². The van der Waals surface area contributed by atoms with Crippen LogP contribution in [0.15, 0.2) is 75.8 Å². The standard InChI is InChI=1S/C19H16N4O6S.Na/c1-12-10-15(24)6-8-17(12)22-21-14-4-2-13(3-5-14)20-18-9-7-16(30(27,28)29)11-19(18)23(25)26;/h2-11,20,24H,1H3,(H,27,28,29);/q;+1/p-2. The van der Waals surface area contributed by atoms with Crippen molar-refractivity contribution >= 4 is 38.6 Å². The Balaban J connectivity index is 0.00000341. The van der Waals surface area contributed by atoms with Gasteiger partial charge in [-0.2, -0.15) is 10.2 Å². The second kappa shape index (κ2) is 9.98. The average molecular weight is 449 g/mol. The third-order valence-electron chi connectivity index (χ3n) is 4.04. The van der Waals surface area contributed by atoms with Crippen molar-refractivity contribution < 1.29 is 52.6 Å². The fourth-order valence-corrected chi connectivity index (χ4v) is 3.03. The second-order valence-electron chi connectivity index (χ2n) is 6.21. The topological polar surface area (TPSA) is 160 Å². The van der Waals surface area contributed by atoms with Crippen molar-refractivity contribution in [2.45, 2.75) is 11.8 Å². The summed E-state index contributed by atoms with van der Waals surface area (Å²) in [5.41, 5.74) is 1.71. The average Bonchev–Trinajstić information content (AvgIpc) is 2.68. The molecule has 0 aliphatic carbocycles. The molecule has 0 aliphatic rings. The van der Waals surface area contributed by atoms with Crippen molar-refractivity contribution in [3.8, 4) is 5.75 Å². The number of aryl methyl sites for hydroxylation is 1. The van der Waals surface area contributed by atoms with E-state index in [0.29, 0.717) is 28.7 Å². The Morgan fingerprint density at radius 2 is 1.65 bits per heavy atom. The predicted molar refractivity (Wildman–Crippen MR) is 106 cm³/mol. The van der Waals surface area contributed by atoms with Crippen LogP contribution in [-0.4, -0.2) is 17.9 Å². The Morgan fingerprint density at radius 3 is 2.23 bits per heavy atom. The first kappa shape index (κ1) is 24.4. The van der Waals surface area contributed by atoms with E-state index in [1.54, 1.807) is 37.3 Å². The molecule has 12 heteroatoms. The van der Waals surface area contributed by atoms with E-state index in [2.05, 4.69) is 15.5 Å². The Kier molecular flexibility index (Phi) is 7.87. The minimum Gasteiger partial charge on any atom is -0.872 e. The molecule has 0 saturated heterocycles. The van der Waals surface area contributed by atoms with Gasteiger partial charge in [0.05, 0.1) is 21.2 Å². The Morgan fingerprint density at radius 1 is 0.968 bits per heavy atom. The minimum atomic E-state index is -4.81. The van der Waals surface area contributed by atoms with Crippen LogP contribution < -0.4 is 40.0 Å². The van der Waals surface area contributed by atoms with E-state index in [-0.39, 0.29) is 41.0 Å². The van der Waals surface area contributed by atoms with Crippen LogP contribution in [0.4, 0.5) is 28.4 Å². The number of hydrogen-bond donors (Lipinski definition) is 1. The van der Waals surface area contributed by atoms with Gasteiger partial charge in [0.2, 0.25) is 0 Å². The zero-order chi connectivity index (χ0) is 21.9. The third-order valence-corrected chi connectivity index (χ3v) is 4.87. The van der Waals surface area contributed by atoms with Crippen LogP contribution >= 0.6 is 0 Å². The van der Waals surface area contributed by atoms with Crippen LogP contribution in [0.25, 0.3) is 0 Å². The van der Waals surface area contributed by atoms with Gasteiger partial charge in [0, 0.05) is 11.8 Å². The monoisotopic (exact) mass is 449 g/mol. The van der Waals surface area contributed by atoms with Gasteiger partial charge in [0.1, 0.15) is 15.8 Å². The summed E-state index contributed by atoms with van der Waals surface area (Å²) in [5.74, 6) is -0.114. The predicted octanol–water partition coefficient (Wildman–Crippen LogP) is 1.04. The number of nitrogens with zero attached hydrogens (tertiary/aromatic N) is 3. The molecular weight excluding hydrogens is 435 g/mol. The molecule has 0 bridgehead atoms. The van der Waals surface area contributed by atoms with E-state index in [4.69, 9.17) is 0 Å². The molecule has 10 nitrogen and oxygen atoms in total. The normalized spacial score (nSPS) is 11.2. The molecule has 3 aromatic rings. The molecule has 0 aromatic heterocycles. The number of anilines is 2.